The zero-order valence-corrected chi connectivity index (χ0v) is 10.8. The first-order valence-electron chi connectivity index (χ1n) is 6.38. The van der Waals surface area contributed by atoms with Crippen molar-refractivity contribution in [3.05, 3.63) is 12.2 Å². The van der Waals surface area contributed by atoms with Crippen molar-refractivity contribution in [2.45, 2.75) is 72.0 Å². The smallest absolute Gasteiger partial charge is 0.103 e. The van der Waals surface area contributed by atoms with Crippen LogP contribution >= 0.6 is 0 Å². The fraction of sp³-hybridized carbons (Fsp3) is 0.857. The Kier molecular flexibility index (Phi) is 4.85. The second kappa shape index (κ2) is 5.69. The summed E-state index contributed by atoms with van der Waals surface area (Å²) in [7, 11) is 0. The van der Waals surface area contributed by atoms with E-state index in [4.69, 9.17) is 4.74 Å². The summed E-state index contributed by atoms with van der Waals surface area (Å²) >= 11 is 0. The number of allylic oxidation sites excluding steroid dienone is 1. The van der Waals surface area contributed by atoms with Gasteiger partial charge in [0.05, 0.1) is 6.10 Å². The lowest BCUT2D eigenvalue weighted by molar-refractivity contribution is 0.263. The summed E-state index contributed by atoms with van der Waals surface area (Å²) in [6, 6.07) is 0. The molecule has 1 nitrogen and oxygen atoms in total. The maximum Gasteiger partial charge on any atom is 0.103 e. The molecular weight excluding hydrogens is 184 g/mol. The zero-order valence-electron chi connectivity index (χ0n) is 10.8. The Morgan fingerprint density at radius 3 is 2.40 bits per heavy atom. The average Bonchev–Trinajstić information content (AvgIpc) is 2.89. The van der Waals surface area contributed by atoms with Gasteiger partial charge < -0.3 is 4.74 Å². The molecule has 0 aromatic rings. The lowest BCUT2D eigenvalue weighted by Crippen LogP contribution is -2.15. The molecule has 0 aliphatic carbocycles. The molecule has 0 N–H and O–H groups in total. The van der Waals surface area contributed by atoms with Crippen LogP contribution in [0.2, 0.25) is 0 Å². The number of hydrogen-bond acceptors (Lipinski definition) is 1. The molecule has 1 heteroatoms. The van der Waals surface area contributed by atoms with Crippen LogP contribution in [0, 0.1) is 5.41 Å². The molecule has 0 aromatic carbocycles. The Labute approximate surface area is 94.9 Å². The Morgan fingerprint density at radius 2 is 1.87 bits per heavy atom. The molecule has 1 fully saturated rings. The van der Waals surface area contributed by atoms with Gasteiger partial charge in [-0.25, -0.2) is 0 Å². The Hall–Kier alpha value is -0.300. The van der Waals surface area contributed by atoms with Gasteiger partial charge in [0.2, 0.25) is 0 Å². The lowest BCUT2D eigenvalue weighted by Gasteiger charge is -2.13. The molecule has 1 heterocycles. The minimum Gasteiger partial charge on any atom is -0.365 e. The van der Waals surface area contributed by atoms with Gasteiger partial charge in [0.1, 0.15) is 6.10 Å². The summed E-state index contributed by atoms with van der Waals surface area (Å²) in [5, 5.41) is 0. The van der Waals surface area contributed by atoms with E-state index in [1.165, 1.54) is 32.1 Å². The van der Waals surface area contributed by atoms with E-state index in [-0.39, 0.29) is 0 Å². The molecule has 0 radical (unpaired) electrons. The van der Waals surface area contributed by atoms with Crippen molar-refractivity contribution in [2.75, 3.05) is 0 Å². The van der Waals surface area contributed by atoms with Gasteiger partial charge in [-0.2, -0.15) is 0 Å². The molecule has 15 heavy (non-hydrogen) atoms. The molecule has 1 aliphatic heterocycles. The normalized spacial score (nSPS) is 26.1. The topological polar surface area (TPSA) is 12.5 Å². The summed E-state index contributed by atoms with van der Waals surface area (Å²) in [5.74, 6) is 0. The van der Waals surface area contributed by atoms with Gasteiger partial charge in [-0.05, 0) is 18.3 Å². The highest BCUT2D eigenvalue weighted by Gasteiger charge is 2.45. The Balaban J connectivity index is 2.04. The van der Waals surface area contributed by atoms with Gasteiger partial charge in [0.15, 0.2) is 0 Å². The summed E-state index contributed by atoms with van der Waals surface area (Å²) < 4.78 is 5.62. The van der Waals surface area contributed by atoms with Gasteiger partial charge >= 0.3 is 0 Å². The highest BCUT2D eigenvalue weighted by Crippen LogP contribution is 2.38. The van der Waals surface area contributed by atoms with E-state index in [1.807, 2.05) is 0 Å². The first-order valence-corrected chi connectivity index (χ1v) is 6.38. The number of rotatable bonds is 6. The molecule has 2 atom stereocenters. The molecular formula is C14H26O. The molecule has 0 amide bonds. The van der Waals surface area contributed by atoms with Crippen LogP contribution in [0.25, 0.3) is 0 Å². The average molecular weight is 210 g/mol. The van der Waals surface area contributed by atoms with Crippen LogP contribution in [0.3, 0.4) is 0 Å². The van der Waals surface area contributed by atoms with E-state index >= 15 is 0 Å². The lowest BCUT2D eigenvalue weighted by atomic mass is 9.90. The number of unbranched alkanes of at least 4 members (excludes halogenated alkanes) is 4. The van der Waals surface area contributed by atoms with E-state index < -0.39 is 0 Å². The quantitative estimate of drug-likeness (QED) is 0.361. The van der Waals surface area contributed by atoms with Crippen molar-refractivity contribution in [2.24, 2.45) is 5.41 Å². The minimum atomic E-state index is 0.303. The van der Waals surface area contributed by atoms with Crippen LogP contribution in [-0.2, 0) is 4.74 Å². The molecule has 1 aliphatic rings. The van der Waals surface area contributed by atoms with Crippen molar-refractivity contribution in [1.29, 1.82) is 0 Å². The van der Waals surface area contributed by atoms with Gasteiger partial charge in [0, 0.05) is 0 Å². The van der Waals surface area contributed by atoms with Crippen molar-refractivity contribution in [3.8, 4) is 0 Å². The monoisotopic (exact) mass is 210 g/mol. The van der Waals surface area contributed by atoms with Crippen LogP contribution in [0.5, 0.6) is 0 Å². The molecule has 0 saturated carbocycles. The van der Waals surface area contributed by atoms with Gasteiger partial charge in [-0.1, -0.05) is 59.1 Å². The third-order valence-corrected chi connectivity index (χ3v) is 2.93. The Morgan fingerprint density at radius 1 is 1.13 bits per heavy atom. The van der Waals surface area contributed by atoms with Crippen molar-refractivity contribution >= 4 is 0 Å². The summed E-state index contributed by atoms with van der Waals surface area (Å²) in [5.41, 5.74) is 0.303. The standard InChI is InChI=1S/C14H26O/c1-5-6-7-8-9-10-11-12-13(15-12)14(2,3)4/h10-13H,5-9H2,1-4H3/b11-10+/t12-,13+/m1/s1. The van der Waals surface area contributed by atoms with Crippen LogP contribution in [-0.4, -0.2) is 12.2 Å². The largest absolute Gasteiger partial charge is 0.365 e. The number of epoxide rings is 1. The van der Waals surface area contributed by atoms with E-state index in [1.54, 1.807) is 0 Å². The summed E-state index contributed by atoms with van der Waals surface area (Å²) in [6.07, 6.45) is 12.0. The predicted molar refractivity (Wildman–Crippen MR) is 66.0 cm³/mol. The summed E-state index contributed by atoms with van der Waals surface area (Å²) in [4.78, 5) is 0. The summed E-state index contributed by atoms with van der Waals surface area (Å²) in [6.45, 7) is 8.98. The fourth-order valence-corrected chi connectivity index (χ4v) is 1.89. The first-order chi connectivity index (χ1) is 7.05. The van der Waals surface area contributed by atoms with Crippen molar-refractivity contribution < 1.29 is 4.74 Å². The second-order valence-electron chi connectivity index (χ2n) is 5.66. The highest BCUT2D eigenvalue weighted by atomic mass is 16.6. The zero-order chi connectivity index (χ0) is 11.3. The highest BCUT2D eigenvalue weighted by molar-refractivity contribution is 5.06. The van der Waals surface area contributed by atoms with E-state index in [0.29, 0.717) is 17.6 Å². The Bertz CT molecular complexity index is 200. The number of ether oxygens (including phenoxy) is 1. The molecule has 0 aromatic heterocycles. The van der Waals surface area contributed by atoms with Gasteiger partial charge in [-0.3, -0.25) is 0 Å². The molecule has 88 valence electrons. The number of hydrogen-bond donors (Lipinski definition) is 0. The minimum absolute atomic E-state index is 0.303. The van der Waals surface area contributed by atoms with E-state index in [2.05, 4.69) is 39.8 Å². The fourth-order valence-electron chi connectivity index (χ4n) is 1.89. The van der Waals surface area contributed by atoms with Crippen LogP contribution in [0.1, 0.15) is 59.8 Å². The van der Waals surface area contributed by atoms with E-state index in [0.717, 1.165) is 0 Å². The third kappa shape index (κ3) is 4.83. The van der Waals surface area contributed by atoms with Crippen LogP contribution in [0.4, 0.5) is 0 Å². The van der Waals surface area contributed by atoms with Gasteiger partial charge in [0.25, 0.3) is 0 Å². The maximum atomic E-state index is 5.62. The van der Waals surface area contributed by atoms with Crippen LogP contribution < -0.4 is 0 Å². The molecule has 0 spiro atoms. The molecule has 0 unspecified atom stereocenters. The van der Waals surface area contributed by atoms with Gasteiger partial charge in [-0.15, -0.1) is 0 Å². The maximum absolute atomic E-state index is 5.62. The molecule has 0 bridgehead atoms. The second-order valence-corrected chi connectivity index (χ2v) is 5.66. The molecule has 1 saturated heterocycles. The van der Waals surface area contributed by atoms with E-state index in [9.17, 15) is 0 Å². The first kappa shape index (κ1) is 12.8. The van der Waals surface area contributed by atoms with Crippen molar-refractivity contribution in [3.63, 3.8) is 0 Å². The van der Waals surface area contributed by atoms with Crippen LogP contribution in [0.15, 0.2) is 12.2 Å². The van der Waals surface area contributed by atoms with Crippen molar-refractivity contribution in [1.82, 2.24) is 0 Å². The molecule has 1 rings (SSSR count). The third-order valence-electron chi connectivity index (χ3n) is 2.93. The predicted octanol–water partition coefficient (Wildman–Crippen LogP) is 4.33. The SMILES string of the molecule is CCCCCC/C=C/[C@H]1O[C@@H]1C(C)(C)C.